The highest BCUT2D eigenvalue weighted by Gasteiger charge is 2.18. The van der Waals surface area contributed by atoms with Gasteiger partial charge in [0.1, 0.15) is 0 Å². The second-order valence-electron chi connectivity index (χ2n) is 31.8. The lowest BCUT2D eigenvalue weighted by Gasteiger charge is -2.12. The van der Waals surface area contributed by atoms with E-state index in [1.165, 1.54) is 265 Å². The minimum absolute atomic E-state index is 0.228. The summed E-state index contributed by atoms with van der Waals surface area (Å²) in [6.45, 7) is 13.8. The van der Waals surface area contributed by atoms with Crippen molar-refractivity contribution in [1.82, 2.24) is 72.0 Å². The second-order valence-corrected chi connectivity index (χ2v) is 31.8. The molecule has 0 amide bonds. The van der Waals surface area contributed by atoms with Gasteiger partial charge in [0.05, 0.1) is 31.2 Å². The van der Waals surface area contributed by atoms with Crippen molar-refractivity contribution in [3.8, 4) is 0 Å². The van der Waals surface area contributed by atoms with Crippen molar-refractivity contribution in [2.24, 2.45) is 42.3 Å². The van der Waals surface area contributed by atoms with Crippen LogP contribution >= 0.6 is 0 Å². The summed E-state index contributed by atoms with van der Waals surface area (Å²) >= 11 is 0. The predicted octanol–water partition coefficient (Wildman–Crippen LogP) is 15.7. The Bertz CT molecular complexity index is 3680. The lowest BCUT2D eigenvalue weighted by atomic mass is 10.1. The molecule has 0 saturated heterocycles. The van der Waals surface area contributed by atoms with E-state index in [1.807, 2.05) is 0 Å². The van der Waals surface area contributed by atoms with E-state index in [0.717, 1.165) is 116 Å². The van der Waals surface area contributed by atoms with E-state index in [-0.39, 0.29) is 46.0 Å². The van der Waals surface area contributed by atoms with Gasteiger partial charge in [0, 0.05) is 75.0 Å². The van der Waals surface area contributed by atoms with Crippen LogP contribution in [0.25, 0.3) is 33.5 Å². The molecule has 0 saturated carbocycles. The van der Waals surface area contributed by atoms with Crippen LogP contribution in [0.4, 0.5) is 0 Å². The number of hydrogen-bond acceptors (Lipinski definition) is 14. The molecule has 0 bridgehead atoms. The highest BCUT2D eigenvalue weighted by atomic mass is 16.3. The molecule has 0 aliphatic rings. The molecule has 0 aromatic carbocycles. The number of aryl methyl sites for hydroxylation is 6. The van der Waals surface area contributed by atoms with Gasteiger partial charge in [-0.2, -0.15) is 0 Å². The van der Waals surface area contributed by atoms with E-state index in [2.05, 4.69) is 51.7 Å². The van der Waals surface area contributed by atoms with Gasteiger partial charge in [-0.25, -0.2) is 29.3 Å². The van der Waals surface area contributed by atoms with Crippen LogP contribution in [-0.4, -0.2) is 118 Å². The molecular weight excluding hydrogens is 1370 g/mol. The Balaban J connectivity index is 0.000000346. The molecule has 6 aromatic rings. The average Bonchev–Trinajstić information content (AvgIpc) is 1.68. The molecule has 6 heterocycles. The van der Waals surface area contributed by atoms with Gasteiger partial charge >= 0.3 is 17.1 Å². The van der Waals surface area contributed by atoms with Gasteiger partial charge in [0.25, 0.3) is 16.7 Å². The first-order valence-electron chi connectivity index (χ1n) is 44.3. The number of unbranched alkanes of at least 4 members (excludes halogenated alkanes) is 43. The summed E-state index contributed by atoms with van der Waals surface area (Å²) in [5.74, 6) is 0. The van der Waals surface area contributed by atoms with E-state index in [9.17, 15) is 39.0 Å². The van der Waals surface area contributed by atoms with Crippen LogP contribution in [0.15, 0.2) is 47.7 Å². The molecule has 109 heavy (non-hydrogen) atoms. The molecule has 6 rings (SSSR count). The predicted molar refractivity (Wildman–Crippen MR) is 454 cm³/mol. The Labute approximate surface area is 655 Å². The molecule has 0 spiro atoms. The van der Waals surface area contributed by atoms with Crippen LogP contribution in [-0.2, 0) is 61.9 Å². The lowest BCUT2D eigenvalue weighted by molar-refractivity contribution is 0.157. The first-order chi connectivity index (χ1) is 53.0. The lowest BCUT2D eigenvalue weighted by Crippen LogP contribution is -2.39. The van der Waals surface area contributed by atoms with E-state index in [0.29, 0.717) is 66.2 Å². The summed E-state index contributed by atoms with van der Waals surface area (Å²) in [5.41, 5.74) is 1.11. The van der Waals surface area contributed by atoms with Gasteiger partial charge in [-0.3, -0.25) is 41.8 Å². The zero-order valence-electron chi connectivity index (χ0n) is 70.5. The number of fused-ring (bicyclic) bond motifs is 3. The number of aliphatic hydroxyl groups is 2. The van der Waals surface area contributed by atoms with E-state index in [4.69, 9.17) is 0 Å². The largest absolute Gasteiger partial charge is 0.392 e. The number of hydrogen-bond donors (Lipinski definition) is 5. The molecule has 0 radical (unpaired) electrons. The molecule has 2 unspecified atom stereocenters. The van der Waals surface area contributed by atoms with Crippen molar-refractivity contribution in [1.29, 1.82) is 0 Å². The molecule has 23 nitrogen and oxygen atoms in total. The summed E-state index contributed by atoms with van der Waals surface area (Å²) in [4.78, 5) is 88.2. The van der Waals surface area contributed by atoms with E-state index >= 15 is 0 Å². The van der Waals surface area contributed by atoms with Crippen molar-refractivity contribution >= 4 is 33.5 Å². The Morgan fingerprint density at radius 3 is 0.725 bits per heavy atom. The van der Waals surface area contributed by atoms with Gasteiger partial charge in [-0.05, 0) is 84.0 Å². The summed E-state index contributed by atoms with van der Waals surface area (Å²) in [7, 11) is 10.3. The highest BCUT2D eigenvalue weighted by Crippen LogP contribution is 2.17. The number of nitrogens with zero attached hydrogens (tertiary/aromatic N) is 12. The number of nitrogens with one attached hydrogen (secondary N) is 3. The number of aliphatic hydroxyl groups excluding tert-OH is 2. The quantitative estimate of drug-likeness (QED) is 0.0223. The van der Waals surface area contributed by atoms with Gasteiger partial charge in [0.2, 0.25) is 0 Å². The molecule has 2 atom stereocenters. The Morgan fingerprint density at radius 1 is 0.284 bits per heavy atom. The van der Waals surface area contributed by atoms with Gasteiger partial charge in [-0.15, -0.1) is 0 Å². The number of rotatable bonds is 65. The monoisotopic (exact) mass is 1530 g/mol. The van der Waals surface area contributed by atoms with Crippen LogP contribution in [0.3, 0.4) is 0 Å². The summed E-state index contributed by atoms with van der Waals surface area (Å²) in [6.07, 6.45) is 67.5. The fraction of sp³-hybridized carbons (Fsp3) is 0.826. The maximum absolute atomic E-state index is 12.7. The van der Waals surface area contributed by atoms with Gasteiger partial charge < -0.3 is 39.9 Å². The highest BCUT2D eigenvalue weighted by molar-refractivity contribution is 5.71. The number of imidazole rings is 3. The third kappa shape index (κ3) is 37.6. The smallest absolute Gasteiger partial charge is 0.332 e. The average molecular weight is 1530 g/mol. The topological polar surface area (TPSA) is 262 Å². The van der Waals surface area contributed by atoms with Crippen LogP contribution in [0, 0.1) is 0 Å². The van der Waals surface area contributed by atoms with Crippen LogP contribution in [0.1, 0.15) is 348 Å². The SMILES string of the molecule is CCCCCCCCCCCCCCNCC(O)CCCCCCCn1c(=O)c2c(ncn2C)n(C)c1=O.CCCCCCCCCCCCCCNCCCCCCCCCn1c(=O)c2c(ncn2C)n(C)c1=O.CCCCCCCCCCNCC(O)CCCCCCCn1c(=O)c2c(ncn2C)n(C)c1=O. The number of aromatic nitrogens is 12. The standard InChI is InChI=1S/C30H55N5O3.C30H55N5O2.C26H47N5O3/c1-4-5-6-7-8-9-10-11-12-13-16-19-22-31-24-26(36)21-18-15-14-17-20-23-35-29(37)27-28(32-25-33(27)2)34(3)30(35)38;1-4-5-6-7-8-9-10-11-12-14-17-20-23-31-24-21-18-15-13-16-19-22-25-35-29(36)27-28(32-26-33(27)2)34(3)30(35)37;1-4-5-6-7-8-9-12-15-18-27-20-22(32)17-14-11-10-13-16-19-31-25(33)23-24(28-21-29(23)2)30(3)26(31)34/h25-26,31,36H,4-24H2,1-3H3;26,31H,4-25H2,1-3H3;21-22,27,32H,4-20H2,1-3H3. The zero-order chi connectivity index (χ0) is 79.1. The fourth-order valence-corrected chi connectivity index (χ4v) is 15.0. The zero-order valence-corrected chi connectivity index (χ0v) is 70.5. The van der Waals surface area contributed by atoms with Crippen molar-refractivity contribution in [3.63, 3.8) is 0 Å². The Kier molecular flexibility index (Phi) is 52.6. The first-order valence-corrected chi connectivity index (χ1v) is 44.3. The third-order valence-electron chi connectivity index (χ3n) is 22.1. The molecule has 624 valence electrons. The molecular formula is C86H157N15O8. The molecule has 6 aromatic heterocycles. The van der Waals surface area contributed by atoms with Crippen molar-refractivity contribution in [3.05, 3.63) is 81.5 Å². The minimum atomic E-state index is -0.307. The fourth-order valence-electron chi connectivity index (χ4n) is 15.0. The first kappa shape index (κ1) is 95.6. The maximum atomic E-state index is 12.7. The summed E-state index contributed by atoms with van der Waals surface area (Å²) < 4.78 is 13.4. The Hall–Kier alpha value is -5.75. The Morgan fingerprint density at radius 2 is 0.486 bits per heavy atom. The third-order valence-corrected chi connectivity index (χ3v) is 22.1. The second kappa shape index (κ2) is 59.9. The van der Waals surface area contributed by atoms with Crippen LogP contribution < -0.4 is 49.7 Å². The van der Waals surface area contributed by atoms with Gasteiger partial charge in [0.15, 0.2) is 33.5 Å². The molecule has 0 aliphatic heterocycles. The molecule has 5 N–H and O–H groups in total. The van der Waals surface area contributed by atoms with Crippen molar-refractivity contribution in [2.75, 3.05) is 39.3 Å². The normalized spacial score (nSPS) is 12.2. The summed E-state index contributed by atoms with van der Waals surface area (Å²) in [6, 6.07) is 0. The van der Waals surface area contributed by atoms with Crippen molar-refractivity contribution in [2.45, 2.75) is 380 Å². The minimum Gasteiger partial charge on any atom is -0.392 e. The van der Waals surface area contributed by atoms with E-state index < -0.39 is 0 Å². The van der Waals surface area contributed by atoms with Gasteiger partial charge in [-0.1, -0.05) is 290 Å². The van der Waals surface area contributed by atoms with Crippen LogP contribution in [0.2, 0.25) is 0 Å². The van der Waals surface area contributed by atoms with Crippen molar-refractivity contribution < 1.29 is 10.2 Å². The molecule has 0 fully saturated rings. The van der Waals surface area contributed by atoms with Crippen LogP contribution in [0.5, 0.6) is 0 Å². The summed E-state index contributed by atoms with van der Waals surface area (Å²) in [5, 5.41) is 30.8. The maximum Gasteiger partial charge on any atom is 0.332 e. The molecule has 23 heteroatoms. The van der Waals surface area contributed by atoms with E-state index in [1.54, 1.807) is 75.0 Å². The molecule has 0 aliphatic carbocycles.